The Morgan fingerprint density at radius 2 is 2.20 bits per heavy atom. The molecule has 0 unspecified atom stereocenters. The number of nitrogens with zero attached hydrogens (tertiary/aromatic N) is 2. The molecule has 0 N–H and O–H groups in total. The number of aromatic nitrogens is 2. The molecule has 3 heteroatoms. The van der Waals surface area contributed by atoms with Crippen molar-refractivity contribution in [2.24, 2.45) is 0 Å². The van der Waals surface area contributed by atoms with Crippen LogP contribution in [0, 0.1) is 6.92 Å². The molecule has 3 heterocycles. The van der Waals surface area contributed by atoms with Crippen molar-refractivity contribution in [1.29, 1.82) is 0 Å². The van der Waals surface area contributed by atoms with Gasteiger partial charge in [-0.15, -0.1) is 0 Å². The van der Waals surface area contributed by atoms with Crippen molar-refractivity contribution in [1.82, 2.24) is 9.38 Å². The van der Waals surface area contributed by atoms with Crippen LogP contribution >= 0.6 is 0 Å². The van der Waals surface area contributed by atoms with E-state index in [9.17, 15) is 0 Å². The number of pyridine rings is 1. The Labute approximate surface area is 87.0 Å². The van der Waals surface area contributed by atoms with E-state index >= 15 is 0 Å². The molecule has 0 aliphatic heterocycles. The molecule has 0 saturated heterocycles. The van der Waals surface area contributed by atoms with Crippen LogP contribution in [0.1, 0.15) is 5.56 Å². The molecule has 0 aromatic carbocycles. The molecule has 0 bridgehead atoms. The summed E-state index contributed by atoms with van der Waals surface area (Å²) in [6.45, 7) is 2.06. The zero-order valence-electron chi connectivity index (χ0n) is 8.34. The molecule has 3 rings (SSSR count). The highest BCUT2D eigenvalue weighted by Crippen LogP contribution is 2.20. The summed E-state index contributed by atoms with van der Waals surface area (Å²) in [5.41, 5.74) is 2.28. The summed E-state index contributed by atoms with van der Waals surface area (Å²) in [6, 6.07) is 7.90. The van der Waals surface area contributed by atoms with Crippen LogP contribution in [0.5, 0.6) is 0 Å². The molecule has 3 aromatic heterocycles. The van der Waals surface area contributed by atoms with Crippen molar-refractivity contribution in [2.75, 3.05) is 0 Å². The van der Waals surface area contributed by atoms with Gasteiger partial charge in [0.25, 0.3) is 0 Å². The number of imidazole rings is 1. The Hall–Kier alpha value is -2.03. The molecule has 0 aliphatic carbocycles. The van der Waals surface area contributed by atoms with Crippen LogP contribution in [0.3, 0.4) is 0 Å². The van der Waals surface area contributed by atoms with E-state index in [-0.39, 0.29) is 0 Å². The Balaban J connectivity index is 2.32. The van der Waals surface area contributed by atoms with Gasteiger partial charge in [0.15, 0.2) is 11.6 Å². The monoisotopic (exact) mass is 198 g/mol. The zero-order valence-corrected chi connectivity index (χ0v) is 8.34. The van der Waals surface area contributed by atoms with Crippen molar-refractivity contribution in [3.8, 4) is 11.6 Å². The van der Waals surface area contributed by atoms with E-state index < -0.39 is 0 Å². The molecule has 0 saturated carbocycles. The van der Waals surface area contributed by atoms with E-state index in [0.717, 1.165) is 17.1 Å². The molecular formula is C12H10N2O. The van der Waals surface area contributed by atoms with Crippen molar-refractivity contribution in [3.05, 3.63) is 48.5 Å². The van der Waals surface area contributed by atoms with Gasteiger partial charge in [0.2, 0.25) is 0 Å². The lowest BCUT2D eigenvalue weighted by molar-refractivity contribution is 0.577. The SMILES string of the molecule is Cc1ccc2cnc(-c3ccco3)n2c1. The van der Waals surface area contributed by atoms with Crippen LogP contribution in [0.25, 0.3) is 17.1 Å². The quantitative estimate of drug-likeness (QED) is 0.601. The number of rotatable bonds is 1. The molecule has 0 aliphatic rings. The first-order valence-corrected chi connectivity index (χ1v) is 4.82. The molecule has 0 spiro atoms. The van der Waals surface area contributed by atoms with Crippen LogP contribution < -0.4 is 0 Å². The summed E-state index contributed by atoms with van der Waals surface area (Å²) < 4.78 is 7.38. The van der Waals surface area contributed by atoms with Crippen LogP contribution in [0.15, 0.2) is 47.3 Å². The van der Waals surface area contributed by atoms with Gasteiger partial charge in [-0.2, -0.15) is 0 Å². The summed E-state index contributed by atoms with van der Waals surface area (Å²) in [5.74, 6) is 1.64. The van der Waals surface area contributed by atoms with Gasteiger partial charge in [0, 0.05) is 6.20 Å². The lowest BCUT2D eigenvalue weighted by Gasteiger charge is -1.99. The molecule has 0 atom stereocenters. The maximum Gasteiger partial charge on any atom is 0.180 e. The lowest BCUT2D eigenvalue weighted by atomic mass is 10.3. The highest BCUT2D eigenvalue weighted by atomic mass is 16.3. The molecule has 15 heavy (non-hydrogen) atoms. The average Bonchev–Trinajstić information content (AvgIpc) is 2.83. The van der Waals surface area contributed by atoms with Crippen LogP contribution in [-0.4, -0.2) is 9.38 Å². The van der Waals surface area contributed by atoms with Gasteiger partial charge in [-0.1, -0.05) is 6.07 Å². The molecule has 74 valence electrons. The predicted octanol–water partition coefficient (Wildman–Crippen LogP) is 2.90. The lowest BCUT2D eigenvalue weighted by Crippen LogP contribution is -1.88. The summed E-state index contributed by atoms with van der Waals surface area (Å²) in [6.07, 6.45) is 5.56. The summed E-state index contributed by atoms with van der Waals surface area (Å²) in [5, 5.41) is 0. The molecule has 0 amide bonds. The van der Waals surface area contributed by atoms with Gasteiger partial charge >= 0.3 is 0 Å². The van der Waals surface area contributed by atoms with E-state index in [1.54, 1.807) is 6.26 Å². The Bertz CT molecular complexity index is 593. The minimum atomic E-state index is 0.792. The van der Waals surface area contributed by atoms with Crippen LogP contribution in [0.4, 0.5) is 0 Å². The second-order valence-corrected chi connectivity index (χ2v) is 3.56. The van der Waals surface area contributed by atoms with Crippen molar-refractivity contribution in [3.63, 3.8) is 0 Å². The number of hydrogen-bond acceptors (Lipinski definition) is 2. The second-order valence-electron chi connectivity index (χ2n) is 3.56. The number of furan rings is 1. The maximum atomic E-state index is 5.34. The zero-order chi connectivity index (χ0) is 10.3. The fraction of sp³-hybridized carbons (Fsp3) is 0.0833. The minimum absolute atomic E-state index is 0.792. The third kappa shape index (κ3) is 1.24. The minimum Gasteiger partial charge on any atom is -0.461 e. The highest BCUT2D eigenvalue weighted by Gasteiger charge is 2.07. The van der Waals surface area contributed by atoms with Gasteiger partial charge in [-0.05, 0) is 30.7 Å². The second kappa shape index (κ2) is 2.98. The fourth-order valence-electron chi connectivity index (χ4n) is 1.68. The standard InChI is InChI=1S/C12H10N2O/c1-9-4-5-10-7-13-12(14(10)8-9)11-3-2-6-15-11/h2-8H,1H3. The van der Waals surface area contributed by atoms with Gasteiger partial charge < -0.3 is 4.42 Å². The molecule has 0 fully saturated rings. The van der Waals surface area contributed by atoms with Crippen LogP contribution in [0.2, 0.25) is 0 Å². The Morgan fingerprint density at radius 1 is 1.27 bits per heavy atom. The van der Waals surface area contributed by atoms with Gasteiger partial charge in [0.1, 0.15) is 0 Å². The first kappa shape index (κ1) is 8.29. The number of hydrogen-bond donors (Lipinski definition) is 0. The van der Waals surface area contributed by atoms with E-state index in [0.29, 0.717) is 0 Å². The normalized spacial score (nSPS) is 11.0. The molecule has 3 nitrogen and oxygen atoms in total. The third-order valence-electron chi connectivity index (χ3n) is 2.42. The third-order valence-corrected chi connectivity index (χ3v) is 2.42. The maximum absolute atomic E-state index is 5.34. The van der Waals surface area contributed by atoms with E-state index in [1.165, 1.54) is 5.56 Å². The summed E-state index contributed by atoms with van der Waals surface area (Å²) >= 11 is 0. The average molecular weight is 198 g/mol. The molecular weight excluding hydrogens is 188 g/mol. The fourth-order valence-corrected chi connectivity index (χ4v) is 1.68. The van der Waals surface area contributed by atoms with Gasteiger partial charge in [-0.3, -0.25) is 4.40 Å². The summed E-state index contributed by atoms with van der Waals surface area (Å²) in [4.78, 5) is 4.35. The van der Waals surface area contributed by atoms with E-state index in [1.807, 2.05) is 22.7 Å². The van der Waals surface area contributed by atoms with Crippen molar-refractivity contribution < 1.29 is 4.42 Å². The smallest absolute Gasteiger partial charge is 0.180 e. The first-order chi connectivity index (χ1) is 7.34. The predicted molar refractivity (Wildman–Crippen MR) is 57.6 cm³/mol. The van der Waals surface area contributed by atoms with Gasteiger partial charge in [0.05, 0.1) is 18.0 Å². The summed E-state index contributed by atoms with van der Waals surface area (Å²) in [7, 11) is 0. The Kier molecular flexibility index (Phi) is 1.65. The topological polar surface area (TPSA) is 30.4 Å². The number of fused-ring (bicyclic) bond motifs is 1. The molecule has 3 aromatic rings. The highest BCUT2D eigenvalue weighted by molar-refractivity contribution is 5.58. The van der Waals surface area contributed by atoms with E-state index in [2.05, 4.69) is 30.2 Å². The van der Waals surface area contributed by atoms with Gasteiger partial charge in [-0.25, -0.2) is 4.98 Å². The van der Waals surface area contributed by atoms with Crippen molar-refractivity contribution >= 4 is 5.52 Å². The first-order valence-electron chi connectivity index (χ1n) is 4.82. The van der Waals surface area contributed by atoms with Crippen molar-refractivity contribution in [2.45, 2.75) is 6.92 Å². The largest absolute Gasteiger partial charge is 0.461 e. The van der Waals surface area contributed by atoms with E-state index in [4.69, 9.17) is 4.42 Å². The number of aryl methyl sites for hydroxylation is 1. The Morgan fingerprint density at radius 3 is 3.00 bits per heavy atom. The molecule has 0 radical (unpaired) electrons. The van der Waals surface area contributed by atoms with Crippen LogP contribution in [-0.2, 0) is 0 Å².